The van der Waals surface area contributed by atoms with Gasteiger partial charge < -0.3 is 113 Å². The van der Waals surface area contributed by atoms with Crippen molar-refractivity contribution in [2.75, 3.05) is 75.9 Å². The summed E-state index contributed by atoms with van der Waals surface area (Å²) in [6, 6.07) is 9.92. The minimum absolute atomic E-state index is 0.00292. The van der Waals surface area contributed by atoms with Crippen molar-refractivity contribution >= 4 is 94.0 Å². The van der Waals surface area contributed by atoms with E-state index in [4.69, 9.17) is 64.8 Å². The van der Waals surface area contributed by atoms with Gasteiger partial charge in [0.05, 0.1) is 56.7 Å². The number of nitrogens with two attached hydrogens (primary N) is 8. The molecule has 0 aliphatic heterocycles. The summed E-state index contributed by atoms with van der Waals surface area (Å²) in [5.41, 5.74) is 43.8. The van der Waals surface area contributed by atoms with Gasteiger partial charge in [0, 0.05) is 48.9 Å². The van der Waals surface area contributed by atoms with Crippen LogP contribution in [-0.4, -0.2) is 150 Å². The summed E-state index contributed by atoms with van der Waals surface area (Å²) < 4.78 is 21.6. The first-order chi connectivity index (χ1) is 42.4. The molecule has 0 aliphatic carbocycles. The topological polar surface area (TPSA) is 549 Å². The lowest BCUT2D eigenvalue weighted by molar-refractivity contribution is -0.118. The number of hydrogen-bond acceptors (Lipinski definition) is 17. The minimum atomic E-state index is -1.37. The highest BCUT2D eigenvalue weighted by Crippen LogP contribution is 2.28. The SMILES string of the molecule is COc1ccc(NC(=O)[C@@H](CCCN=C(N)N)NC(=O)c2cc(NC(=O)[C@@H](CCCNC(N)=O)NC(=O)c3cc(NC(=O)[C@@H](CCCNC(N)=O)NC(=O)c4cc(NC(=O)[C@H](N)CCCN=C(N)N)ccc4OC)ccc3OC)ccc2OC)cc1C(N)=O. The van der Waals surface area contributed by atoms with Crippen molar-refractivity contribution in [3.8, 4) is 23.0 Å². The number of aliphatic imine (C=N–C) groups is 2. The van der Waals surface area contributed by atoms with Crippen LogP contribution in [0.5, 0.6) is 23.0 Å². The second kappa shape index (κ2) is 35.4. The molecular weight excluding hydrogens is 1160 g/mol. The van der Waals surface area contributed by atoms with Crippen LogP contribution in [0.15, 0.2) is 82.8 Å². The van der Waals surface area contributed by atoms with Crippen LogP contribution in [0, 0.1) is 0 Å². The predicted octanol–water partition coefficient (Wildman–Crippen LogP) is -0.699. The van der Waals surface area contributed by atoms with Gasteiger partial charge in [0.2, 0.25) is 23.6 Å². The van der Waals surface area contributed by atoms with Crippen molar-refractivity contribution in [3.05, 3.63) is 95.1 Å². The van der Waals surface area contributed by atoms with Crippen molar-refractivity contribution in [1.82, 2.24) is 26.6 Å². The number of rotatable bonds is 35. The van der Waals surface area contributed by atoms with Gasteiger partial charge in [-0.2, -0.15) is 0 Å². The van der Waals surface area contributed by atoms with Crippen LogP contribution < -0.4 is 113 Å². The number of benzene rings is 4. The third-order valence-electron chi connectivity index (χ3n) is 12.9. The predicted molar refractivity (Wildman–Crippen MR) is 330 cm³/mol. The fourth-order valence-electron chi connectivity index (χ4n) is 8.49. The number of anilines is 4. The molecule has 0 unspecified atom stereocenters. The molecule has 0 spiro atoms. The lowest BCUT2D eigenvalue weighted by atomic mass is 10.1. The monoisotopic (exact) mass is 1240 g/mol. The highest BCUT2D eigenvalue weighted by molar-refractivity contribution is 6.08. The summed E-state index contributed by atoms with van der Waals surface area (Å²) in [6.45, 7) is 0.348. The van der Waals surface area contributed by atoms with Gasteiger partial charge in [-0.1, -0.05) is 0 Å². The number of methoxy groups -OCH3 is 4. The van der Waals surface area contributed by atoms with E-state index in [0.29, 0.717) is 6.42 Å². The summed E-state index contributed by atoms with van der Waals surface area (Å²) in [6.07, 6.45) is 0.922. The second-order valence-corrected chi connectivity index (χ2v) is 19.4. The number of carbonyl (C=O) groups excluding carboxylic acids is 10. The van der Waals surface area contributed by atoms with E-state index in [1.807, 2.05) is 0 Å². The Kier molecular flexibility index (Phi) is 28.0. The molecule has 89 heavy (non-hydrogen) atoms. The van der Waals surface area contributed by atoms with Gasteiger partial charge >= 0.3 is 12.1 Å². The Labute approximate surface area is 511 Å². The number of hydrogen-bond donors (Lipinski definition) is 17. The number of primary amides is 3. The minimum Gasteiger partial charge on any atom is -0.496 e. The number of carbonyl (C=O) groups is 10. The Morgan fingerprint density at radius 3 is 1.00 bits per heavy atom. The maximum absolute atomic E-state index is 14.3. The van der Waals surface area contributed by atoms with Crippen LogP contribution in [0.4, 0.5) is 32.3 Å². The first kappa shape index (κ1) is 70.4. The summed E-state index contributed by atoms with van der Waals surface area (Å²) in [4.78, 5) is 141. The van der Waals surface area contributed by atoms with Crippen LogP contribution in [0.25, 0.3) is 0 Å². The average Bonchev–Trinajstić information content (AvgIpc) is 2.33. The molecule has 4 aromatic rings. The van der Waals surface area contributed by atoms with Crippen molar-refractivity contribution in [2.45, 2.75) is 75.5 Å². The van der Waals surface area contributed by atoms with Crippen molar-refractivity contribution < 1.29 is 66.9 Å². The molecule has 0 saturated carbocycles. The number of amides is 12. The summed E-state index contributed by atoms with van der Waals surface area (Å²) in [7, 11) is 5.21. The molecule has 0 bridgehead atoms. The molecule has 25 N–H and O–H groups in total. The molecule has 4 atom stereocenters. The van der Waals surface area contributed by atoms with Crippen LogP contribution in [0.2, 0.25) is 0 Å². The fraction of sp³-hybridized carbons (Fsp3) is 0.357. The van der Waals surface area contributed by atoms with E-state index >= 15 is 0 Å². The number of urea groups is 2. The third kappa shape index (κ3) is 23.0. The van der Waals surface area contributed by atoms with E-state index in [9.17, 15) is 47.9 Å². The Balaban J connectivity index is 1.60. The van der Waals surface area contributed by atoms with E-state index in [1.165, 1.54) is 101 Å². The lowest BCUT2D eigenvalue weighted by Crippen LogP contribution is -2.45. The van der Waals surface area contributed by atoms with Gasteiger partial charge in [-0.25, -0.2) is 9.59 Å². The first-order valence-corrected chi connectivity index (χ1v) is 27.5. The van der Waals surface area contributed by atoms with Gasteiger partial charge in [0.15, 0.2) is 11.9 Å². The number of nitrogens with zero attached hydrogens (tertiary/aromatic N) is 2. The normalized spacial score (nSPS) is 11.9. The molecule has 0 aromatic heterocycles. The molecule has 0 fully saturated rings. The van der Waals surface area contributed by atoms with E-state index in [2.05, 4.69) is 57.8 Å². The quantitative estimate of drug-likeness (QED) is 0.0154. The molecular formula is C56H77N19O14. The van der Waals surface area contributed by atoms with E-state index in [-0.39, 0.29) is 151 Å². The Hall–Kier alpha value is -11.1. The van der Waals surface area contributed by atoms with Crippen molar-refractivity contribution in [1.29, 1.82) is 0 Å². The number of ether oxygens (including phenoxy) is 4. The summed E-state index contributed by atoms with van der Waals surface area (Å²) in [5.74, 6) is -6.24. The Morgan fingerprint density at radius 2 is 0.697 bits per heavy atom. The van der Waals surface area contributed by atoms with Crippen LogP contribution in [0.1, 0.15) is 92.8 Å². The second-order valence-electron chi connectivity index (χ2n) is 19.4. The van der Waals surface area contributed by atoms with Gasteiger partial charge in [0.1, 0.15) is 41.1 Å². The number of nitrogens with one attached hydrogen (secondary N) is 9. The fourth-order valence-corrected chi connectivity index (χ4v) is 8.49. The Morgan fingerprint density at radius 1 is 0.404 bits per heavy atom. The molecule has 33 nitrogen and oxygen atoms in total. The van der Waals surface area contributed by atoms with E-state index in [0.717, 1.165) is 0 Å². The Bertz CT molecular complexity index is 3260. The third-order valence-corrected chi connectivity index (χ3v) is 12.9. The zero-order chi connectivity index (χ0) is 65.7. The standard InChI is InChI=1S/C56H77N19O14/c1-86-41-17-13-29(25-33(41)45(58)76)70-50(81)38(10-6-22-66-54(61)62)73-47(78)35-27-31(15-19-43(35)88-3)72-52(83)40(12-8-24-68-56(64)85)75-48(79)36-28-32(16-20-44(36)89-4)71-51(82)39(11-7-23-67-55(63)84)74-46(77)34-26-30(14-18-42(34)87-2)69-49(80)37(57)9-5-21-65-53(59)60/h13-20,25-28,37-40H,5-12,21-24,57H2,1-4H3,(H2,58,76)(H,69,80)(H,70,81)(H,71,82)(H,72,83)(H,73,78)(H,74,77)(H,75,79)(H4,59,60,65)(H4,61,62,66)(H3,63,67,84)(H3,64,68,85)/t37-,38-,39-,40-/m1/s1. The maximum Gasteiger partial charge on any atom is 0.312 e. The van der Waals surface area contributed by atoms with Crippen LogP contribution >= 0.6 is 0 Å². The van der Waals surface area contributed by atoms with Gasteiger partial charge in [-0.05, 0) is 124 Å². The van der Waals surface area contributed by atoms with Crippen molar-refractivity contribution in [2.24, 2.45) is 55.9 Å². The smallest absolute Gasteiger partial charge is 0.312 e. The lowest BCUT2D eigenvalue weighted by Gasteiger charge is -2.22. The zero-order valence-electron chi connectivity index (χ0n) is 49.5. The zero-order valence-corrected chi connectivity index (χ0v) is 49.5. The van der Waals surface area contributed by atoms with Gasteiger partial charge in [-0.3, -0.25) is 48.3 Å². The molecule has 0 heterocycles. The largest absolute Gasteiger partial charge is 0.496 e. The van der Waals surface area contributed by atoms with E-state index in [1.54, 1.807) is 0 Å². The maximum atomic E-state index is 14.3. The van der Waals surface area contributed by atoms with Crippen LogP contribution in [0.3, 0.4) is 0 Å². The molecule has 480 valence electrons. The molecule has 4 aromatic carbocycles. The van der Waals surface area contributed by atoms with Gasteiger partial charge in [-0.15, -0.1) is 0 Å². The van der Waals surface area contributed by atoms with Gasteiger partial charge in [0.25, 0.3) is 23.6 Å². The highest BCUT2D eigenvalue weighted by Gasteiger charge is 2.29. The highest BCUT2D eigenvalue weighted by atomic mass is 16.5. The molecule has 4 rings (SSSR count). The molecule has 12 amide bonds. The van der Waals surface area contributed by atoms with Crippen LogP contribution in [-0.2, 0) is 19.2 Å². The molecule has 0 aliphatic rings. The summed E-state index contributed by atoms with van der Waals surface area (Å²) >= 11 is 0. The first-order valence-electron chi connectivity index (χ1n) is 27.5. The number of guanidine groups is 2. The molecule has 0 saturated heterocycles. The molecule has 33 heteroatoms. The molecule has 0 radical (unpaired) electrons. The summed E-state index contributed by atoms with van der Waals surface area (Å²) in [5, 5.41) is 23.5. The average molecular weight is 1240 g/mol. The van der Waals surface area contributed by atoms with E-state index < -0.39 is 83.5 Å². The van der Waals surface area contributed by atoms with Crippen molar-refractivity contribution in [3.63, 3.8) is 0 Å².